The SMILES string of the molecule is Cc1cc(CC[C@H](C)CN(Cc2ccccc2)C(C)Cl)cc(C)c1OC(C)(C)C(=O)OC(C)(C)C. The van der Waals surface area contributed by atoms with Crippen molar-refractivity contribution in [3.05, 3.63) is 64.7 Å². The molecule has 0 aliphatic heterocycles. The second-order valence-corrected chi connectivity index (χ2v) is 11.9. The summed E-state index contributed by atoms with van der Waals surface area (Å²) >= 11 is 6.50. The first-order valence-corrected chi connectivity index (χ1v) is 13.1. The van der Waals surface area contributed by atoms with Crippen LogP contribution >= 0.6 is 11.6 Å². The molecule has 0 radical (unpaired) electrons. The number of carbonyl (C=O) groups is 1. The maximum atomic E-state index is 12.6. The van der Waals surface area contributed by atoms with Crippen LogP contribution in [0.15, 0.2) is 42.5 Å². The van der Waals surface area contributed by atoms with E-state index in [-0.39, 0.29) is 11.5 Å². The van der Waals surface area contributed by atoms with Crippen LogP contribution in [0.25, 0.3) is 0 Å². The van der Waals surface area contributed by atoms with E-state index in [0.717, 1.165) is 42.8 Å². The lowest BCUT2D eigenvalue weighted by molar-refractivity contribution is -0.171. The molecule has 0 fully saturated rings. The maximum Gasteiger partial charge on any atom is 0.350 e. The summed E-state index contributed by atoms with van der Waals surface area (Å²) in [4.78, 5) is 15.0. The quantitative estimate of drug-likeness (QED) is 0.182. The summed E-state index contributed by atoms with van der Waals surface area (Å²) < 4.78 is 11.7. The van der Waals surface area contributed by atoms with E-state index >= 15 is 0 Å². The molecule has 2 atom stereocenters. The Bertz CT molecular complexity index is 940. The van der Waals surface area contributed by atoms with Gasteiger partial charge in [0.05, 0.1) is 5.50 Å². The lowest BCUT2D eigenvalue weighted by Gasteiger charge is -2.30. The molecule has 2 rings (SSSR count). The summed E-state index contributed by atoms with van der Waals surface area (Å²) in [5.74, 6) is 0.889. The predicted molar refractivity (Wildman–Crippen MR) is 146 cm³/mol. The Morgan fingerprint density at radius 1 is 0.971 bits per heavy atom. The molecule has 5 heteroatoms. The predicted octanol–water partition coefficient (Wildman–Crippen LogP) is 7.46. The van der Waals surface area contributed by atoms with Gasteiger partial charge in [-0.25, -0.2) is 4.79 Å². The molecule has 2 aromatic carbocycles. The van der Waals surface area contributed by atoms with Crippen LogP contribution in [-0.4, -0.2) is 34.1 Å². The second kappa shape index (κ2) is 12.3. The van der Waals surface area contributed by atoms with E-state index in [9.17, 15) is 4.79 Å². The van der Waals surface area contributed by atoms with Gasteiger partial charge in [-0.1, -0.05) is 49.4 Å². The van der Waals surface area contributed by atoms with Gasteiger partial charge in [0, 0.05) is 13.1 Å². The van der Waals surface area contributed by atoms with Gasteiger partial charge in [0.1, 0.15) is 11.4 Å². The molecule has 0 amide bonds. The van der Waals surface area contributed by atoms with E-state index in [4.69, 9.17) is 21.1 Å². The molecule has 0 saturated heterocycles. The number of alkyl halides is 1. The number of nitrogens with zero attached hydrogens (tertiary/aromatic N) is 1. The third-order valence-electron chi connectivity index (χ3n) is 5.97. The third kappa shape index (κ3) is 9.50. The minimum atomic E-state index is -1.07. The van der Waals surface area contributed by atoms with Crippen LogP contribution in [0.1, 0.15) is 77.1 Å². The van der Waals surface area contributed by atoms with Crippen molar-refractivity contribution in [2.75, 3.05) is 6.54 Å². The summed E-state index contributed by atoms with van der Waals surface area (Å²) in [5.41, 5.74) is 2.98. The van der Waals surface area contributed by atoms with Crippen molar-refractivity contribution in [1.29, 1.82) is 0 Å². The number of halogens is 1. The van der Waals surface area contributed by atoms with Crippen LogP contribution in [0.5, 0.6) is 5.75 Å². The first-order chi connectivity index (χ1) is 16.2. The molecule has 2 aromatic rings. The molecular weight excluding hydrogens is 458 g/mol. The summed E-state index contributed by atoms with van der Waals surface area (Å²) in [5, 5.41) is 0. The fraction of sp³-hybridized carbons (Fsp3) is 0.567. The Balaban J connectivity index is 2.01. The number of aryl methyl sites for hydroxylation is 3. The Morgan fingerprint density at radius 2 is 1.54 bits per heavy atom. The molecule has 0 bridgehead atoms. The molecule has 0 aromatic heterocycles. The van der Waals surface area contributed by atoms with E-state index in [2.05, 4.69) is 48.2 Å². The van der Waals surface area contributed by atoms with Crippen LogP contribution < -0.4 is 4.74 Å². The highest BCUT2D eigenvalue weighted by Crippen LogP contribution is 2.30. The molecule has 0 N–H and O–H groups in total. The summed E-state index contributed by atoms with van der Waals surface area (Å²) in [6.45, 7) is 19.3. The number of hydrogen-bond donors (Lipinski definition) is 0. The first kappa shape index (κ1) is 29.2. The van der Waals surface area contributed by atoms with Crippen molar-refractivity contribution in [1.82, 2.24) is 4.90 Å². The summed E-state index contributed by atoms with van der Waals surface area (Å²) in [7, 11) is 0. The third-order valence-corrected chi connectivity index (χ3v) is 6.25. The average Bonchev–Trinajstić information content (AvgIpc) is 2.74. The molecule has 0 spiro atoms. The summed E-state index contributed by atoms with van der Waals surface area (Å²) in [6, 6.07) is 14.8. The van der Waals surface area contributed by atoms with Crippen LogP contribution in [-0.2, 0) is 22.5 Å². The van der Waals surface area contributed by atoms with E-state index in [0.29, 0.717) is 5.92 Å². The molecular formula is C30H44ClNO3. The number of benzene rings is 2. The largest absolute Gasteiger partial charge is 0.476 e. The van der Waals surface area contributed by atoms with Crippen LogP contribution in [0.4, 0.5) is 0 Å². The van der Waals surface area contributed by atoms with Crippen molar-refractivity contribution in [2.24, 2.45) is 5.92 Å². The zero-order valence-electron chi connectivity index (χ0n) is 23.1. The molecule has 0 aliphatic rings. The average molecular weight is 502 g/mol. The Hall–Kier alpha value is -2.04. The van der Waals surface area contributed by atoms with Gasteiger partial charge in [-0.05, 0) is 96.4 Å². The lowest BCUT2D eigenvalue weighted by atomic mass is 9.97. The van der Waals surface area contributed by atoms with Crippen LogP contribution in [0.3, 0.4) is 0 Å². The van der Waals surface area contributed by atoms with E-state index in [1.807, 2.05) is 47.6 Å². The van der Waals surface area contributed by atoms with Gasteiger partial charge in [0.15, 0.2) is 5.60 Å². The van der Waals surface area contributed by atoms with Crippen molar-refractivity contribution in [3.8, 4) is 5.75 Å². The maximum absolute atomic E-state index is 12.6. The van der Waals surface area contributed by atoms with Gasteiger partial charge >= 0.3 is 5.97 Å². The van der Waals surface area contributed by atoms with Gasteiger partial charge in [0.25, 0.3) is 0 Å². The molecule has 35 heavy (non-hydrogen) atoms. The zero-order valence-corrected chi connectivity index (χ0v) is 23.8. The highest BCUT2D eigenvalue weighted by atomic mass is 35.5. The summed E-state index contributed by atoms with van der Waals surface area (Å²) in [6.07, 6.45) is 2.05. The van der Waals surface area contributed by atoms with E-state index in [1.54, 1.807) is 13.8 Å². The van der Waals surface area contributed by atoms with Gasteiger partial charge in [-0.15, -0.1) is 11.6 Å². The van der Waals surface area contributed by atoms with E-state index < -0.39 is 11.2 Å². The smallest absolute Gasteiger partial charge is 0.350 e. The Kier molecular flexibility index (Phi) is 10.2. The Morgan fingerprint density at radius 3 is 2.06 bits per heavy atom. The molecule has 1 unspecified atom stereocenters. The van der Waals surface area contributed by atoms with Gasteiger partial charge in [0.2, 0.25) is 0 Å². The fourth-order valence-electron chi connectivity index (χ4n) is 4.10. The standard InChI is InChI=1S/C30H44ClNO3/c1-21(19-32(24(4)31)20-25-13-11-10-12-14-25)15-16-26-17-22(2)27(23(3)18-26)34-30(8,9)28(33)35-29(5,6)7/h10-14,17-18,21,24H,15-16,19-20H2,1-9H3/t21-,24?/m0/s1. The minimum absolute atomic E-state index is 0.0214. The van der Waals surface area contributed by atoms with Crippen molar-refractivity contribution in [3.63, 3.8) is 0 Å². The highest BCUT2D eigenvalue weighted by molar-refractivity contribution is 6.20. The molecule has 0 aliphatic carbocycles. The minimum Gasteiger partial charge on any atom is -0.476 e. The van der Waals surface area contributed by atoms with Crippen molar-refractivity contribution >= 4 is 17.6 Å². The van der Waals surface area contributed by atoms with Crippen molar-refractivity contribution < 1.29 is 14.3 Å². The number of ether oxygens (including phenoxy) is 2. The van der Waals surface area contributed by atoms with Crippen LogP contribution in [0, 0.1) is 19.8 Å². The number of hydrogen-bond acceptors (Lipinski definition) is 4. The number of rotatable bonds is 11. The molecule has 4 nitrogen and oxygen atoms in total. The molecule has 194 valence electrons. The zero-order chi connectivity index (χ0) is 26.4. The van der Waals surface area contributed by atoms with Gasteiger partial charge in [-0.2, -0.15) is 0 Å². The number of carbonyl (C=O) groups excluding carboxylic acids is 1. The van der Waals surface area contributed by atoms with Gasteiger partial charge in [-0.3, -0.25) is 4.90 Å². The topological polar surface area (TPSA) is 38.8 Å². The van der Waals surface area contributed by atoms with Crippen molar-refractivity contribution in [2.45, 2.75) is 98.4 Å². The normalized spacial score (nSPS) is 14.0. The van der Waals surface area contributed by atoms with E-state index in [1.165, 1.54) is 11.1 Å². The lowest BCUT2D eigenvalue weighted by Crippen LogP contribution is -2.43. The monoisotopic (exact) mass is 501 g/mol. The fourth-order valence-corrected chi connectivity index (χ4v) is 4.25. The van der Waals surface area contributed by atoms with Gasteiger partial charge < -0.3 is 9.47 Å². The Labute approximate surface area is 218 Å². The second-order valence-electron chi connectivity index (χ2n) is 11.3. The first-order valence-electron chi connectivity index (χ1n) is 12.6. The highest BCUT2D eigenvalue weighted by Gasteiger charge is 2.35. The molecule has 0 heterocycles. The number of esters is 1. The molecule has 0 saturated carbocycles. The van der Waals surface area contributed by atoms with Crippen LogP contribution in [0.2, 0.25) is 0 Å².